The van der Waals surface area contributed by atoms with Crippen LogP contribution >= 0.6 is 24.0 Å². The standard InChI is InChI=1S/C19H26F2N4O2.HI/c1-12-7-8-17(26-18(20)21)15(10-12)11-24-19(22-4)23-9-5-6-16-13(2)25-27-14(16)3;/h7-8,10,18H,5-6,9,11H2,1-4H3,(H2,22,23,24);1H. The normalized spacial score (nSPS) is 11.3. The van der Waals surface area contributed by atoms with Gasteiger partial charge >= 0.3 is 6.61 Å². The number of aromatic nitrogens is 1. The smallest absolute Gasteiger partial charge is 0.387 e. The molecular formula is C19H27F2IN4O2. The first-order valence-electron chi connectivity index (χ1n) is 8.81. The van der Waals surface area contributed by atoms with Crippen LogP contribution in [-0.4, -0.2) is 31.3 Å². The van der Waals surface area contributed by atoms with Gasteiger partial charge in [0.1, 0.15) is 11.5 Å². The Labute approximate surface area is 181 Å². The van der Waals surface area contributed by atoms with Crippen molar-refractivity contribution < 1.29 is 18.0 Å². The minimum Gasteiger partial charge on any atom is -0.434 e. The summed E-state index contributed by atoms with van der Waals surface area (Å²) in [4.78, 5) is 4.16. The van der Waals surface area contributed by atoms with Gasteiger partial charge in [-0.1, -0.05) is 22.9 Å². The van der Waals surface area contributed by atoms with Crippen LogP contribution in [0.15, 0.2) is 27.7 Å². The Morgan fingerprint density at radius 3 is 2.61 bits per heavy atom. The molecule has 0 aliphatic heterocycles. The summed E-state index contributed by atoms with van der Waals surface area (Å²) in [6, 6.07) is 5.11. The van der Waals surface area contributed by atoms with Crippen molar-refractivity contribution in [2.75, 3.05) is 13.6 Å². The molecule has 0 aliphatic carbocycles. The summed E-state index contributed by atoms with van der Waals surface area (Å²) in [7, 11) is 1.66. The number of ether oxygens (including phenoxy) is 1. The first-order chi connectivity index (χ1) is 12.9. The molecule has 1 aromatic carbocycles. The van der Waals surface area contributed by atoms with Gasteiger partial charge in [-0.15, -0.1) is 24.0 Å². The summed E-state index contributed by atoms with van der Waals surface area (Å²) < 4.78 is 34.8. The van der Waals surface area contributed by atoms with E-state index >= 15 is 0 Å². The van der Waals surface area contributed by atoms with Crippen LogP contribution in [0.2, 0.25) is 0 Å². The summed E-state index contributed by atoms with van der Waals surface area (Å²) >= 11 is 0. The Morgan fingerprint density at radius 1 is 1.25 bits per heavy atom. The van der Waals surface area contributed by atoms with Crippen LogP contribution < -0.4 is 15.4 Å². The number of alkyl halides is 2. The zero-order valence-electron chi connectivity index (χ0n) is 16.5. The third-order valence-corrected chi connectivity index (χ3v) is 4.18. The molecule has 0 saturated heterocycles. The molecule has 0 saturated carbocycles. The third kappa shape index (κ3) is 7.25. The lowest BCUT2D eigenvalue weighted by Gasteiger charge is -2.15. The predicted octanol–water partition coefficient (Wildman–Crippen LogP) is 4.12. The van der Waals surface area contributed by atoms with Gasteiger partial charge in [0.25, 0.3) is 0 Å². The molecule has 1 aromatic heterocycles. The molecule has 1 heterocycles. The number of nitrogens with zero attached hydrogens (tertiary/aromatic N) is 2. The second-order valence-electron chi connectivity index (χ2n) is 6.25. The molecule has 156 valence electrons. The number of benzene rings is 1. The summed E-state index contributed by atoms with van der Waals surface area (Å²) in [5, 5.41) is 10.3. The molecule has 2 rings (SSSR count). The van der Waals surface area contributed by atoms with Crippen molar-refractivity contribution in [1.29, 1.82) is 0 Å². The van der Waals surface area contributed by atoms with Crippen LogP contribution in [0.25, 0.3) is 0 Å². The first-order valence-corrected chi connectivity index (χ1v) is 8.81. The van der Waals surface area contributed by atoms with Crippen LogP contribution in [0.3, 0.4) is 0 Å². The molecule has 0 fully saturated rings. The van der Waals surface area contributed by atoms with Crippen molar-refractivity contribution in [1.82, 2.24) is 15.8 Å². The molecule has 2 N–H and O–H groups in total. The van der Waals surface area contributed by atoms with E-state index in [2.05, 4.69) is 25.5 Å². The van der Waals surface area contributed by atoms with Gasteiger partial charge in [0.2, 0.25) is 0 Å². The van der Waals surface area contributed by atoms with Crippen molar-refractivity contribution in [3.8, 4) is 5.75 Å². The molecular weight excluding hydrogens is 481 g/mol. The van der Waals surface area contributed by atoms with Crippen LogP contribution in [0, 0.1) is 20.8 Å². The monoisotopic (exact) mass is 508 g/mol. The Morgan fingerprint density at radius 2 is 2.00 bits per heavy atom. The Bertz CT molecular complexity index is 762. The van der Waals surface area contributed by atoms with E-state index in [0.717, 1.165) is 35.4 Å². The Balaban J connectivity index is 0.00000392. The van der Waals surface area contributed by atoms with Crippen LogP contribution in [-0.2, 0) is 13.0 Å². The molecule has 2 aromatic rings. The highest BCUT2D eigenvalue weighted by Crippen LogP contribution is 2.22. The van der Waals surface area contributed by atoms with Gasteiger partial charge in [0.15, 0.2) is 5.96 Å². The van der Waals surface area contributed by atoms with E-state index in [0.29, 0.717) is 24.6 Å². The quantitative estimate of drug-likeness (QED) is 0.243. The number of rotatable bonds is 8. The molecule has 6 nitrogen and oxygen atoms in total. The maximum atomic E-state index is 12.6. The average Bonchev–Trinajstić information content (AvgIpc) is 2.94. The van der Waals surface area contributed by atoms with E-state index in [1.807, 2.05) is 26.8 Å². The van der Waals surface area contributed by atoms with Gasteiger partial charge in [-0.05, 0) is 39.7 Å². The molecule has 9 heteroatoms. The Kier molecular flexibility index (Phi) is 10.2. The molecule has 0 aliphatic rings. The largest absolute Gasteiger partial charge is 0.434 e. The minimum atomic E-state index is -2.85. The van der Waals surface area contributed by atoms with Gasteiger partial charge in [-0.2, -0.15) is 8.78 Å². The fourth-order valence-electron chi connectivity index (χ4n) is 2.79. The van der Waals surface area contributed by atoms with Gasteiger partial charge in [0, 0.05) is 31.3 Å². The molecule has 28 heavy (non-hydrogen) atoms. The summed E-state index contributed by atoms with van der Waals surface area (Å²) in [5.74, 6) is 1.61. The van der Waals surface area contributed by atoms with Crippen molar-refractivity contribution >= 4 is 29.9 Å². The lowest BCUT2D eigenvalue weighted by atomic mass is 10.1. The molecule has 0 amide bonds. The third-order valence-electron chi connectivity index (χ3n) is 4.18. The Hall–Kier alpha value is -1.91. The highest BCUT2D eigenvalue weighted by molar-refractivity contribution is 14.0. The highest BCUT2D eigenvalue weighted by Gasteiger charge is 2.11. The number of aryl methyl sites for hydroxylation is 3. The van der Waals surface area contributed by atoms with Gasteiger partial charge < -0.3 is 19.9 Å². The summed E-state index contributed by atoms with van der Waals surface area (Å²) in [6.45, 7) is 3.92. The van der Waals surface area contributed by atoms with E-state index in [4.69, 9.17) is 4.52 Å². The minimum absolute atomic E-state index is 0. The second-order valence-corrected chi connectivity index (χ2v) is 6.25. The van der Waals surface area contributed by atoms with Crippen molar-refractivity contribution in [3.63, 3.8) is 0 Å². The SMILES string of the molecule is CN=C(NCCCc1c(C)noc1C)NCc1cc(C)ccc1OC(F)F.I. The molecule has 0 bridgehead atoms. The van der Waals surface area contributed by atoms with Crippen LogP contribution in [0.4, 0.5) is 8.78 Å². The average molecular weight is 508 g/mol. The van der Waals surface area contributed by atoms with Gasteiger partial charge in [-0.25, -0.2) is 0 Å². The van der Waals surface area contributed by atoms with Crippen LogP contribution in [0.1, 0.15) is 34.6 Å². The van der Waals surface area contributed by atoms with E-state index < -0.39 is 6.61 Å². The zero-order chi connectivity index (χ0) is 19.8. The maximum absolute atomic E-state index is 12.6. The number of nitrogens with one attached hydrogen (secondary N) is 2. The number of hydrogen-bond donors (Lipinski definition) is 2. The lowest BCUT2D eigenvalue weighted by molar-refractivity contribution is -0.0504. The van der Waals surface area contributed by atoms with Crippen LogP contribution in [0.5, 0.6) is 5.75 Å². The topological polar surface area (TPSA) is 71.7 Å². The van der Waals surface area contributed by atoms with Crippen molar-refractivity contribution in [2.45, 2.75) is 46.8 Å². The summed E-state index contributed by atoms with van der Waals surface area (Å²) in [5.41, 5.74) is 3.67. The lowest BCUT2D eigenvalue weighted by Crippen LogP contribution is -2.37. The number of guanidine groups is 1. The highest BCUT2D eigenvalue weighted by atomic mass is 127. The number of hydrogen-bond acceptors (Lipinski definition) is 4. The van der Waals surface area contributed by atoms with Gasteiger partial charge in [0.05, 0.1) is 5.69 Å². The molecule has 0 radical (unpaired) electrons. The first kappa shape index (κ1) is 24.1. The van der Waals surface area contributed by atoms with Crippen molar-refractivity contribution in [3.05, 3.63) is 46.3 Å². The fourth-order valence-corrected chi connectivity index (χ4v) is 2.79. The molecule has 0 spiro atoms. The predicted molar refractivity (Wildman–Crippen MR) is 116 cm³/mol. The van der Waals surface area contributed by atoms with E-state index in [9.17, 15) is 8.78 Å². The van der Waals surface area contributed by atoms with Gasteiger partial charge in [-0.3, -0.25) is 4.99 Å². The zero-order valence-corrected chi connectivity index (χ0v) is 18.8. The molecule has 0 unspecified atom stereocenters. The fraction of sp³-hybridized carbons (Fsp3) is 0.474. The maximum Gasteiger partial charge on any atom is 0.387 e. The molecule has 0 atom stereocenters. The van der Waals surface area contributed by atoms with E-state index in [-0.39, 0.29) is 29.7 Å². The number of halogens is 3. The number of aliphatic imine (C=N–C) groups is 1. The van der Waals surface area contributed by atoms with Crippen molar-refractivity contribution in [2.24, 2.45) is 4.99 Å². The van der Waals surface area contributed by atoms with E-state index in [1.54, 1.807) is 19.2 Å². The van der Waals surface area contributed by atoms with E-state index in [1.165, 1.54) is 0 Å². The second kappa shape index (κ2) is 11.8. The summed E-state index contributed by atoms with van der Waals surface area (Å²) in [6.07, 6.45) is 1.74.